The Balaban J connectivity index is 2.17. The van der Waals surface area contributed by atoms with E-state index in [0.717, 1.165) is 33.8 Å². The molecule has 2 aromatic carbocycles. The summed E-state index contributed by atoms with van der Waals surface area (Å²) in [5.74, 6) is 0.844. The fourth-order valence-corrected chi connectivity index (χ4v) is 3.23. The van der Waals surface area contributed by atoms with Gasteiger partial charge in [-0.15, -0.1) is 0 Å². The van der Waals surface area contributed by atoms with Gasteiger partial charge in [-0.25, -0.2) is 4.99 Å². The molecule has 0 aliphatic carbocycles. The van der Waals surface area contributed by atoms with Gasteiger partial charge in [-0.3, -0.25) is 4.68 Å². The SMILES string of the molecule is Cc1cccc(O[Si](C)C)c1N=C(c1ccccc1)c1cnn(C)c1. The molecule has 1 heterocycles. The molecule has 3 rings (SSSR count). The van der Waals surface area contributed by atoms with E-state index in [0.29, 0.717) is 0 Å². The summed E-state index contributed by atoms with van der Waals surface area (Å²) in [5.41, 5.74) is 4.92. The van der Waals surface area contributed by atoms with E-state index >= 15 is 0 Å². The molecule has 5 heteroatoms. The van der Waals surface area contributed by atoms with Crippen molar-refractivity contribution in [1.82, 2.24) is 9.78 Å². The normalized spacial score (nSPS) is 11.8. The van der Waals surface area contributed by atoms with Gasteiger partial charge in [0.2, 0.25) is 0 Å². The third-order valence-corrected chi connectivity index (χ3v) is 4.39. The number of hydrogen-bond acceptors (Lipinski definition) is 3. The van der Waals surface area contributed by atoms with Crippen LogP contribution in [0.1, 0.15) is 16.7 Å². The van der Waals surface area contributed by atoms with Crippen molar-refractivity contribution < 1.29 is 4.43 Å². The molecule has 0 amide bonds. The van der Waals surface area contributed by atoms with E-state index < -0.39 is 9.04 Å². The summed E-state index contributed by atoms with van der Waals surface area (Å²) in [6.07, 6.45) is 3.83. The summed E-state index contributed by atoms with van der Waals surface area (Å²) in [4.78, 5) is 5.02. The van der Waals surface area contributed by atoms with Crippen molar-refractivity contribution in [2.24, 2.45) is 12.0 Å². The first-order valence-corrected chi connectivity index (χ1v) is 10.7. The Labute approximate surface area is 150 Å². The van der Waals surface area contributed by atoms with E-state index in [9.17, 15) is 0 Å². The predicted octanol–water partition coefficient (Wildman–Crippen LogP) is 4.53. The van der Waals surface area contributed by atoms with E-state index in [1.54, 1.807) is 4.68 Å². The Kier molecular flexibility index (Phi) is 5.14. The molecule has 25 heavy (non-hydrogen) atoms. The van der Waals surface area contributed by atoms with Gasteiger partial charge in [-0.05, 0) is 31.6 Å². The number of nitrogens with zero attached hydrogens (tertiary/aromatic N) is 3. The molecule has 0 saturated heterocycles. The average molecular weight is 349 g/mol. The number of benzene rings is 2. The third kappa shape index (κ3) is 4.06. The van der Waals surface area contributed by atoms with Gasteiger partial charge < -0.3 is 4.43 Å². The van der Waals surface area contributed by atoms with Crippen molar-refractivity contribution in [3.8, 4) is 5.75 Å². The maximum atomic E-state index is 6.08. The number of hydrogen-bond donors (Lipinski definition) is 0. The molecule has 0 fully saturated rings. The zero-order valence-corrected chi connectivity index (χ0v) is 16.0. The highest BCUT2D eigenvalue weighted by Crippen LogP contribution is 2.33. The number of aryl methyl sites for hydroxylation is 2. The van der Waals surface area contributed by atoms with Crippen LogP contribution in [0.15, 0.2) is 65.9 Å². The summed E-state index contributed by atoms with van der Waals surface area (Å²) >= 11 is 0. The molecule has 0 N–H and O–H groups in total. The fraction of sp³-hybridized carbons (Fsp3) is 0.200. The van der Waals surface area contributed by atoms with Gasteiger partial charge in [0.05, 0.1) is 11.9 Å². The summed E-state index contributed by atoms with van der Waals surface area (Å²) < 4.78 is 7.87. The van der Waals surface area contributed by atoms with Crippen LogP contribution < -0.4 is 4.43 Å². The highest BCUT2D eigenvalue weighted by molar-refractivity contribution is 6.49. The molecule has 0 aliphatic heterocycles. The van der Waals surface area contributed by atoms with Crippen molar-refractivity contribution in [2.45, 2.75) is 20.0 Å². The third-order valence-electron chi connectivity index (χ3n) is 3.76. The maximum Gasteiger partial charge on any atom is 0.274 e. The Bertz CT molecular complexity index is 885. The van der Waals surface area contributed by atoms with Crippen LogP contribution in [0.25, 0.3) is 0 Å². The lowest BCUT2D eigenvalue weighted by molar-refractivity contribution is 0.581. The topological polar surface area (TPSA) is 39.4 Å². The number of para-hydroxylation sites is 1. The zero-order valence-electron chi connectivity index (χ0n) is 15.0. The Morgan fingerprint density at radius 2 is 1.80 bits per heavy atom. The lowest BCUT2D eigenvalue weighted by Gasteiger charge is -2.14. The van der Waals surface area contributed by atoms with Crippen molar-refractivity contribution >= 4 is 20.4 Å². The first kappa shape index (κ1) is 17.2. The molecule has 0 atom stereocenters. The van der Waals surface area contributed by atoms with Crippen molar-refractivity contribution in [2.75, 3.05) is 0 Å². The smallest absolute Gasteiger partial charge is 0.274 e. The lowest BCUT2D eigenvalue weighted by atomic mass is 10.0. The molecule has 0 aliphatic rings. The Morgan fingerprint density at radius 3 is 2.44 bits per heavy atom. The lowest BCUT2D eigenvalue weighted by Crippen LogP contribution is -2.11. The molecule has 4 nitrogen and oxygen atoms in total. The van der Waals surface area contributed by atoms with Crippen LogP contribution in [0.2, 0.25) is 13.1 Å². The van der Waals surface area contributed by atoms with E-state index in [2.05, 4.69) is 43.3 Å². The largest absolute Gasteiger partial charge is 0.541 e. The molecule has 1 aromatic heterocycles. The second-order valence-corrected chi connectivity index (χ2v) is 8.18. The maximum absolute atomic E-state index is 6.08. The zero-order chi connectivity index (χ0) is 17.8. The van der Waals surface area contributed by atoms with Crippen LogP contribution >= 0.6 is 0 Å². The quantitative estimate of drug-likeness (QED) is 0.502. The van der Waals surface area contributed by atoms with Gasteiger partial charge in [0.15, 0.2) is 0 Å². The minimum absolute atomic E-state index is 0.844. The summed E-state index contributed by atoms with van der Waals surface area (Å²) in [6, 6.07) is 16.3. The van der Waals surface area contributed by atoms with Crippen LogP contribution in [0, 0.1) is 6.92 Å². The molecule has 3 aromatic rings. The van der Waals surface area contributed by atoms with Gasteiger partial charge in [0.25, 0.3) is 9.04 Å². The molecular weight excluding hydrogens is 326 g/mol. The molecule has 0 saturated carbocycles. The molecular formula is C20H22N3OSi. The van der Waals surface area contributed by atoms with Gasteiger partial charge in [-0.1, -0.05) is 42.5 Å². The summed E-state index contributed by atoms with van der Waals surface area (Å²) in [6.45, 7) is 6.31. The van der Waals surface area contributed by atoms with Gasteiger partial charge >= 0.3 is 0 Å². The highest BCUT2D eigenvalue weighted by atomic mass is 28.3. The second kappa shape index (κ2) is 7.48. The highest BCUT2D eigenvalue weighted by Gasteiger charge is 2.14. The van der Waals surface area contributed by atoms with E-state index in [1.165, 1.54) is 0 Å². The van der Waals surface area contributed by atoms with E-state index in [1.807, 2.05) is 49.8 Å². The summed E-state index contributed by atoms with van der Waals surface area (Å²) in [5, 5.41) is 4.31. The Hall–Kier alpha value is -2.66. The molecule has 1 radical (unpaired) electrons. The van der Waals surface area contributed by atoms with Gasteiger partial charge in [0, 0.05) is 24.4 Å². The van der Waals surface area contributed by atoms with Gasteiger partial charge in [-0.2, -0.15) is 5.10 Å². The molecule has 0 unspecified atom stereocenters. The first-order valence-electron chi connectivity index (χ1n) is 8.25. The molecule has 0 bridgehead atoms. The standard InChI is InChI=1S/C20H22N3OSi/c1-15-9-8-12-18(24-25(3)4)19(15)22-20(16-10-6-5-7-11-16)17-13-21-23(2)14-17/h5-14H,1-4H3. The minimum atomic E-state index is -0.870. The second-order valence-electron chi connectivity index (χ2n) is 6.16. The average Bonchev–Trinajstić information content (AvgIpc) is 3.01. The van der Waals surface area contributed by atoms with E-state index in [-0.39, 0.29) is 0 Å². The fourth-order valence-electron chi connectivity index (χ4n) is 2.62. The van der Waals surface area contributed by atoms with Crippen LogP contribution in [-0.2, 0) is 7.05 Å². The van der Waals surface area contributed by atoms with E-state index in [4.69, 9.17) is 9.42 Å². The van der Waals surface area contributed by atoms with Crippen molar-refractivity contribution in [1.29, 1.82) is 0 Å². The number of aliphatic imine (C=N–C) groups is 1. The van der Waals surface area contributed by atoms with Crippen LogP contribution in [0.4, 0.5) is 5.69 Å². The molecule has 127 valence electrons. The van der Waals surface area contributed by atoms with Crippen molar-refractivity contribution in [3.63, 3.8) is 0 Å². The number of rotatable bonds is 5. The van der Waals surface area contributed by atoms with Crippen LogP contribution in [0.5, 0.6) is 5.75 Å². The predicted molar refractivity (Wildman–Crippen MR) is 104 cm³/mol. The molecule has 0 spiro atoms. The van der Waals surface area contributed by atoms with Crippen LogP contribution in [0.3, 0.4) is 0 Å². The summed E-state index contributed by atoms with van der Waals surface area (Å²) in [7, 11) is 1.04. The van der Waals surface area contributed by atoms with Gasteiger partial charge in [0.1, 0.15) is 11.4 Å². The minimum Gasteiger partial charge on any atom is -0.541 e. The number of aromatic nitrogens is 2. The Morgan fingerprint density at radius 1 is 1.04 bits per heavy atom. The monoisotopic (exact) mass is 348 g/mol. The first-order chi connectivity index (χ1) is 12.0. The van der Waals surface area contributed by atoms with Crippen molar-refractivity contribution in [3.05, 3.63) is 77.6 Å². The van der Waals surface area contributed by atoms with Crippen LogP contribution in [-0.4, -0.2) is 24.5 Å².